The highest BCUT2D eigenvalue weighted by molar-refractivity contribution is 7.23. The molecule has 2 heteroatoms. The maximum absolute atomic E-state index is 6.37. The Hall–Kier alpha value is -5.70. The molecule has 46 heavy (non-hydrogen) atoms. The van der Waals surface area contributed by atoms with E-state index in [-0.39, 0.29) is 0 Å². The Morgan fingerprint density at radius 2 is 0.978 bits per heavy atom. The minimum atomic E-state index is 0.915. The van der Waals surface area contributed by atoms with Crippen molar-refractivity contribution in [2.45, 2.75) is 0 Å². The van der Waals surface area contributed by atoms with Crippen LogP contribution in [-0.4, -0.2) is 0 Å². The summed E-state index contributed by atoms with van der Waals surface area (Å²) in [6.07, 6.45) is 0. The van der Waals surface area contributed by atoms with Gasteiger partial charge in [0.25, 0.3) is 0 Å². The number of fused-ring (bicyclic) bond motifs is 7. The third-order valence-electron chi connectivity index (χ3n) is 9.46. The fourth-order valence-corrected chi connectivity index (χ4v) is 8.70. The molecule has 0 saturated carbocycles. The number of hydrogen-bond acceptors (Lipinski definition) is 2. The van der Waals surface area contributed by atoms with Crippen LogP contribution in [0.4, 0.5) is 0 Å². The second-order valence-electron chi connectivity index (χ2n) is 12.0. The molecule has 0 aliphatic rings. The average Bonchev–Trinajstić information content (AvgIpc) is 3.69. The summed E-state index contributed by atoms with van der Waals surface area (Å²) < 4.78 is 7.66. The largest absolute Gasteiger partial charge is 0.456 e. The zero-order valence-corrected chi connectivity index (χ0v) is 25.6. The van der Waals surface area contributed by atoms with E-state index in [2.05, 4.69) is 152 Å². The van der Waals surface area contributed by atoms with Gasteiger partial charge in [0.1, 0.15) is 11.2 Å². The van der Waals surface area contributed by atoms with Gasteiger partial charge >= 0.3 is 0 Å². The van der Waals surface area contributed by atoms with E-state index < -0.39 is 0 Å². The number of thiophene rings is 1. The van der Waals surface area contributed by atoms with Crippen LogP contribution in [0.1, 0.15) is 0 Å². The quantitative estimate of drug-likeness (QED) is 0.183. The first-order valence-corrected chi connectivity index (χ1v) is 16.5. The molecular weight excluding hydrogens is 577 g/mol. The van der Waals surface area contributed by atoms with Gasteiger partial charge in [-0.1, -0.05) is 133 Å². The monoisotopic (exact) mass is 602 g/mol. The molecule has 0 saturated heterocycles. The van der Waals surface area contributed by atoms with E-state index in [9.17, 15) is 0 Å². The molecule has 10 rings (SSSR count). The molecule has 8 aromatic carbocycles. The number of rotatable bonds is 3. The molecule has 1 nitrogen and oxygen atoms in total. The van der Waals surface area contributed by atoms with Gasteiger partial charge in [0.2, 0.25) is 0 Å². The third-order valence-corrected chi connectivity index (χ3v) is 10.7. The average molecular weight is 603 g/mol. The van der Waals surface area contributed by atoms with Crippen LogP contribution in [0.3, 0.4) is 0 Å². The smallest absolute Gasteiger partial charge is 0.136 e. The molecule has 2 heterocycles. The van der Waals surface area contributed by atoms with E-state index in [1.165, 1.54) is 80.5 Å². The second kappa shape index (κ2) is 9.90. The van der Waals surface area contributed by atoms with Crippen molar-refractivity contribution in [2.24, 2.45) is 0 Å². The van der Waals surface area contributed by atoms with Crippen molar-refractivity contribution in [1.29, 1.82) is 0 Å². The lowest BCUT2D eigenvalue weighted by atomic mass is 9.84. The fourth-order valence-electron chi connectivity index (χ4n) is 7.50. The highest BCUT2D eigenvalue weighted by Crippen LogP contribution is 2.52. The van der Waals surface area contributed by atoms with Gasteiger partial charge in [-0.25, -0.2) is 0 Å². The Bertz CT molecular complexity index is 2760. The van der Waals surface area contributed by atoms with Crippen LogP contribution < -0.4 is 0 Å². The van der Waals surface area contributed by atoms with E-state index >= 15 is 0 Å². The predicted octanol–water partition coefficient (Wildman–Crippen LogP) is 13.3. The zero-order chi connectivity index (χ0) is 30.2. The van der Waals surface area contributed by atoms with Crippen molar-refractivity contribution in [1.82, 2.24) is 0 Å². The highest BCUT2D eigenvalue weighted by atomic mass is 32.1. The molecule has 0 N–H and O–H groups in total. The normalized spacial score (nSPS) is 11.9. The number of para-hydroxylation sites is 1. The second-order valence-corrected chi connectivity index (χ2v) is 13.0. The summed E-state index contributed by atoms with van der Waals surface area (Å²) in [4.78, 5) is 1.30. The Labute approximate surface area is 269 Å². The van der Waals surface area contributed by atoms with E-state index in [1.54, 1.807) is 0 Å². The molecule has 0 aliphatic heterocycles. The van der Waals surface area contributed by atoms with Gasteiger partial charge in [-0.2, -0.15) is 0 Å². The topological polar surface area (TPSA) is 13.1 Å². The van der Waals surface area contributed by atoms with Gasteiger partial charge < -0.3 is 4.42 Å². The lowest BCUT2D eigenvalue weighted by Gasteiger charge is -2.19. The van der Waals surface area contributed by atoms with Gasteiger partial charge in [-0.15, -0.1) is 11.3 Å². The molecule has 0 aliphatic carbocycles. The van der Waals surface area contributed by atoms with Crippen LogP contribution in [-0.2, 0) is 0 Å². The van der Waals surface area contributed by atoms with Gasteiger partial charge in [-0.05, 0) is 78.8 Å². The Balaban J connectivity index is 1.36. The standard InChI is InChI=1S/C44H26OS/c1-2-13-28-26-29(25-24-27(28)12-1)44-43(35-19-8-10-23-39(35)46-44)42-32-16-5-3-14-30(32)40(31-15-4-6-17-33(31)42)36-20-11-22-38-41(36)34-18-7-9-21-37(34)45-38/h1-26H. The van der Waals surface area contributed by atoms with Crippen molar-refractivity contribution in [3.63, 3.8) is 0 Å². The summed E-state index contributed by atoms with van der Waals surface area (Å²) in [7, 11) is 0. The van der Waals surface area contributed by atoms with Gasteiger partial charge in [0, 0.05) is 31.3 Å². The van der Waals surface area contributed by atoms with Gasteiger partial charge in [0.15, 0.2) is 0 Å². The molecule has 0 unspecified atom stereocenters. The minimum absolute atomic E-state index is 0.915. The maximum Gasteiger partial charge on any atom is 0.136 e. The van der Waals surface area contributed by atoms with Gasteiger partial charge in [-0.3, -0.25) is 0 Å². The molecular formula is C44H26OS. The summed E-state index contributed by atoms with van der Waals surface area (Å²) >= 11 is 1.89. The van der Waals surface area contributed by atoms with Gasteiger partial charge in [0.05, 0.1) is 0 Å². The third kappa shape index (κ3) is 3.68. The molecule has 0 fully saturated rings. The number of furan rings is 1. The minimum Gasteiger partial charge on any atom is -0.456 e. The Morgan fingerprint density at radius 3 is 1.74 bits per heavy atom. The first-order chi connectivity index (χ1) is 22.8. The molecule has 0 bridgehead atoms. The van der Waals surface area contributed by atoms with Crippen molar-refractivity contribution in [2.75, 3.05) is 0 Å². The van der Waals surface area contributed by atoms with Crippen LogP contribution in [0, 0.1) is 0 Å². The fraction of sp³-hybridized carbons (Fsp3) is 0. The highest BCUT2D eigenvalue weighted by Gasteiger charge is 2.24. The van der Waals surface area contributed by atoms with E-state index in [0.717, 1.165) is 16.6 Å². The Kier molecular flexibility index (Phi) is 5.51. The zero-order valence-electron chi connectivity index (χ0n) is 24.8. The summed E-state index contributed by atoms with van der Waals surface area (Å²) in [5, 5.41) is 11.1. The number of hydrogen-bond donors (Lipinski definition) is 0. The van der Waals surface area contributed by atoms with Crippen LogP contribution in [0.15, 0.2) is 162 Å². The van der Waals surface area contributed by atoms with Crippen molar-refractivity contribution in [3.05, 3.63) is 158 Å². The molecule has 10 aromatic rings. The number of benzene rings is 8. The van der Waals surface area contributed by atoms with Crippen molar-refractivity contribution >= 4 is 75.7 Å². The van der Waals surface area contributed by atoms with Crippen molar-refractivity contribution in [3.8, 4) is 32.7 Å². The first kappa shape index (κ1) is 25.6. The Morgan fingerprint density at radius 1 is 0.391 bits per heavy atom. The molecule has 0 atom stereocenters. The SMILES string of the molecule is c1ccc2cc(-c3sc4ccccc4c3-c3c4ccccc4c(-c4cccc5oc6ccccc6c45)c4ccccc34)ccc2c1. The summed E-state index contributed by atoms with van der Waals surface area (Å²) in [5.74, 6) is 0. The van der Waals surface area contributed by atoms with Crippen LogP contribution >= 0.6 is 11.3 Å². The van der Waals surface area contributed by atoms with Crippen LogP contribution in [0.25, 0.3) is 97.0 Å². The summed E-state index contributed by atoms with van der Waals surface area (Å²) in [6, 6.07) is 57.2. The molecule has 0 radical (unpaired) electrons. The maximum atomic E-state index is 6.37. The molecule has 0 amide bonds. The lowest BCUT2D eigenvalue weighted by molar-refractivity contribution is 0.669. The summed E-state index contributed by atoms with van der Waals surface area (Å²) in [5.41, 5.74) is 8.13. The van der Waals surface area contributed by atoms with E-state index in [0.29, 0.717) is 0 Å². The van der Waals surface area contributed by atoms with Crippen molar-refractivity contribution < 1.29 is 4.42 Å². The van der Waals surface area contributed by atoms with Crippen LogP contribution in [0.2, 0.25) is 0 Å². The van der Waals surface area contributed by atoms with E-state index in [4.69, 9.17) is 4.42 Å². The lowest BCUT2D eigenvalue weighted by Crippen LogP contribution is -1.92. The first-order valence-electron chi connectivity index (χ1n) is 15.7. The molecule has 214 valence electrons. The molecule has 0 spiro atoms. The molecule has 2 aromatic heterocycles. The van der Waals surface area contributed by atoms with E-state index in [1.807, 2.05) is 17.4 Å². The predicted molar refractivity (Wildman–Crippen MR) is 198 cm³/mol. The summed E-state index contributed by atoms with van der Waals surface area (Å²) in [6.45, 7) is 0. The van der Waals surface area contributed by atoms with Crippen LogP contribution in [0.5, 0.6) is 0 Å².